The molecule has 2 rings (SSSR count). The van der Waals surface area contributed by atoms with Crippen molar-refractivity contribution in [2.24, 2.45) is 5.92 Å². The second kappa shape index (κ2) is 7.53. The molecule has 0 aromatic heterocycles. The van der Waals surface area contributed by atoms with Gasteiger partial charge in [-0.3, -0.25) is 14.3 Å². The summed E-state index contributed by atoms with van der Waals surface area (Å²) in [5.74, 6) is -0.231. The molecule has 0 spiro atoms. The van der Waals surface area contributed by atoms with Gasteiger partial charge in [-0.05, 0) is 12.1 Å². The maximum absolute atomic E-state index is 12.7. The fourth-order valence-electron chi connectivity index (χ4n) is 2.83. The summed E-state index contributed by atoms with van der Waals surface area (Å²) in [4.78, 5) is 27.4. The maximum Gasteiger partial charge on any atom is 0.257 e. The van der Waals surface area contributed by atoms with Crippen LogP contribution in [0.15, 0.2) is 18.2 Å². The van der Waals surface area contributed by atoms with Crippen molar-refractivity contribution in [1.29, 1.82) is 0 Å². The van der Waals surface area contributed by atoms with Gasteiger partial charge >= 0.3 is 0 Å². The van der Waals surface area contributed by atoms with E-state index in [4.69, 9.17) is 4.74 Å². The van der Waals surface area contributed by atoms with Gasteiger partial charge in [0.05, 0.1) is 24.1 Å². The second-order valence-corrected chi connectivity index (χ2v) is 8.52. The highest BCUT2D eigenvalue weighted by molar-refractivity contribution is 7.92. The predicted molar refractivity (Wildman–Crippen MR) is 98.8 cm³/mol. The molecule has 0 bridgehead atoms. The lowest BCUT2D eigenvalue weighted by molar-refractivity contribution is -0.129. The quantitative estimate of drug-likeness (QED) is 0.837. The molecule has 2 amide bonds. The number of amides is 2. The number of carbonyl (C=O) groups is 2. The van der Waals surface area contributed by atoms with Gasteiger partial charge in [0.25, 0.3) is 5.91 Å². The summed E-state index contributed by atoms with van der Waals surface area (Å²) < 4.78 is 31.9. The monoisotopic (exact) mass is 383 g/mol. The first-order valence-corrected chi connectivity index (χ1v) is 10.1. The molecule has 0 unspecified atom stereocenters. The summed E-state index contributed by atoms with van der Waals surface area (Å²) in [6, 6.07) is 4.75. The van der Waals surface area contributed by atoms with Crippen molar-refractivity contribution in [3.8, 4) is 5.75 Å². The van der Waals surface area contributed by atoms with Crippen molar-refractivity contribution in [2.75, 3.05) is 38.2 Å². The number of rotatable bonds is 4. The Balaban J connectivity index is 2.51. The first-order chi connectivity index (χ1) is 12.0. The number of fused-ring (bicyclic) bond motifs is 1. The molecule has 9 heteroatoms. The van der Waals surface area contributed by atoms with E-state index in [1.807, 2.05) is 6.92 Å². The molecule has 26 heavy (non-hydrogen) atoms. The molecule has 1 aliphatic rings. The minimum absolute atomic E-state index is 0.0646. The molecule has 1 aromatic carbocycles. The molecular formula is C17H25N3O5S. The number of benzene rings is 1. The van der Waals surface area contributed by atoms with E-state index in [0.29, 0.717) is 13.1 Å². The number of hydrogen-bond donors (Lipinski definition) is 1. The van der Waals surface area contributed by atoms with E-state index in [1.54, 1.807) is 37.2 Å². The molecule has 8 nitrogen and oxygen atoms in total. The summed E-state index contributed by atoms with van der Waals surface area (Å²) in [6.07, 6.45) is 0.633. The Morgan fingerprint density at radius 1 is 1.42 bits per heavy atom. The molecule has 0 saturated carbocycles. The smallest absolute Gasteiger partial charge is 0.257 e. The normalized spacial score (nSPS) is 20.5. The number of hydrogen-bond acceptors (Lipinski definition) is 5. The molecule has 0 saturated heterocycles. The molecule has 0 aliphatic carbocycles. The average molecular weight is 383 g/mol. The zero-order chi connectivity index (χ0) is 19.6. The summed E-state index contributed by atoms with van der Waals surface area (Å²) in [5, 5.41) is 0. The summed E-state index contributed by atoms with van der Waals surface area (Å²) in [7, 11) is -0.185. The lowest BCUT2D eigenvalue weighted by Gasteiger charge is -2.35. The molecule has 1 N–H and O–H groups in total. The van der Waals surface area contributed by atoms with Crippen LogP contribution in [0.2, 0.25) is 0 Å². The largest absolute Gasteiger partial charge is 0.485 e. The standard InChI is InChI=1S/C17H25N3O5S/c1-11-9-20(4)17(22)13-7-6-8-14(18-26(5,23)24)16(13)25-15(11)10-19(3)12(2)21/h6-8,11,15,18H,9-10H2,1-5H3/t11-,15-/m0/s1. The Labute approximate surface area is 154 Å². The minimum atomic E-state index is -3.55. The van der Waals surface area contributed by atoms with Crippen molar-refractivity contribution in [2.45, 2.75) is 20.0 Å². The zero-order valence-electron chi connectivity index (χ0n) is 15.6. The Morgan fingerprint density at radius 3 is 2.65 bits per heavy atom. The van der Waals surface area contributed by atoms with Crippen LogP contribution in [0.25, 0.3) is 0 Å². The highest BCUT2D eigenvalue weighted by atomic mass is 32.2. The number of nitrogens with one attached hydrogen (secondary N) is 1. The average Bonchev–Trinajstić information content (AvgIpc) is 2.52. The Morgan fingerprint density at radius 2 is 2.08 bits per heavy atom. The molecule has 1 aromatic rings. The topological polar surface area (TPSA) is 96.0 Å². The third kappa shape index (κ3) is 4.66. The third-order valence-electron chi connectivity index (χ3n) is 4.34. The van der Waals surface area contributed by atoms with Crippen LogP contribution in [-0.4, -0.2) is 69.6 Å². The molecule has 1 aliphatic heterocycles. The van der Waals surface area contributed by atoms with Crippen molar-refractivity contribution in [3.63, 3.8) is 0 Å². The number of likely N-dealkylation sites (N-methyl/N-ethyl adjacent to an activating group) is 1. The van der Waals surface area contributed by atoms with Gasteiger partial charge in [-0.15, -0.1) is 0 Å². The summed E-state index contributed by atoms with van der Waals surface area (Å²) in [5.41, 5.74) is 0.486. The number of ether oxygens (including phenoxy) is 1. The fourth-order valence-corrected chi connectivity index (χ4v) is 3.39. The summed E-state index contributed by atoms with van der Waals surface area (Å²) in [6.45, 7) is 4.18. The number of carbonyl (C=O) groups excluding carboxylic acids is 2. The van der Waals surface area contributed by atoms with E-state index in [-0.39, 0.29) is 34.7 Å². The first-order valence-electron chi connectivity index (χ1n) is 8.24. The molecule has 0 radical (unpaired) electrons. The Bertz CT molecular complexity index is 809. The van der Waals surface area contributed by atoms with Crippen LogP contribution >= 0.6 is 0 Å². The van der Waals surface area contributed by atoms with Gasteiger partial charge in [-0.1, -0.05) is 13.0 Å². The van der Waals surface area contributed by atoms with Crippen LogP contribution in [-0.2, 0) is 14.8 Å². The van der Waals surface area contributed by atoms with Gasteiger partial charge < -0.3 is 14.5 Å². The van der Waals surface area contributed by atoms with E-state index in [1.165, 1.54) is 11.8 Å². The van der Waals surface area contributed by atoms with Crippen LogP contribution in [0, 0.1) is 5.92 Å². The third-order valence-corrected chi connectivity index (χ3v) is 4.94. The van der Waals surface area contributed by atoms with Gasteiger partial charge in [0.2, 0.25) is 15.9 Å². The Hall–Kier alpha value is -2.29. The first kappa shape index (κ1) is 20.0. The lowest BCUT2D eigenvalue weighted by atomic mass is 10.0. The minimum Gasteiger partial charge on any atom is -0.485 e. The van der Waals surface area contributed by atoms with Gasteiger partial charge in [0, 0.05) is 33.5 Å². The molecule has 2 atom stereocenters. The molecule has 1 heterocycles. The van der Waals surface area contributed by atoms with Gasteiger partial charge in [-0.2, -0.15) is 0 Å². The lowest BCUT2D eigenvalue weighted by Crippen LogP contribution is -2.46. The SMILES string of the molecule is CC(=O)N(C)C[C@@H]1Oc2c(NS(C)(=O)=O)cccc2C(=O)N(C)C[C@@H]1C. The number of anilines is 1. The van der Waals surface area contributed by atoms with E-state index in [9.17, 15) is 18.0 Å². The van der Waals surface area contributed by atoms with Crippen molar-refractivity contribution < 1.29 is 22.7 Å². The Kier molecular flexibility index (Phi) is 5.80. The van der Waals surface area contributed by atoms with Gasteiger partial charge in [-0.25, -0.2) is 8.42 Å². The van der Waals surface area contributed by atoms with Crippen LogP contribution in [0.3, 0.4) is 0 Å². The van der Waals surface area contributed by atoms with Crippen LogP contribution < -0.4 is 9.46 Å². The van der Waals surface area contributed by atoms with Crippen LogP contribution in [0.4, 0.5) is 5.69 Å². The van der Waals surface area contributed by atoms with Crippen LogP contribution in [0.5, 0.6) is 5.75 Å². The number of para-hydroxylation sites is 1. The van der Waals surface area contributed by atoms with Gasteiger partial charge in [0.15, 0.2) is 5.75 Å². The zero-order valence-corrected chi connectivity index (χ0v) is 16.5. The molecule has 0 fully saturated rings. The van der Waals surface area contributed by atoms with Crippen LogP contribution in [0.1, 0.15) is 24.2 Å². The van der Waals surface area contributed by atoms with Gasteiger partial charge in [0.1, 0.15) is 6.10 Å². The van der Waals surface area contributed by atoms with E-state index < -0.39 is 16.1 Å². The van der Waals surface area contributed by atoms with Crippen molar-refractivity contribution >= 4 is 27.5 Å². The molecular weight excluding hydrogens is 358 g/mol. The van der Waals surface area contributed by atoms with E-state index in [0.717, 1.165) is 6.26 Å². The fraction of sp³-hybridized carbons (Fsp3) is 0.529. The van der Waals surface area contributed by atoms with Crippen molar-refractivity contribution in [1.82, 2.24) is 9.80 Å². The highest BCUT2D eigenvalue weighted by Gasteiger charge is 2.31. The van der Waals surface area contributed by atoms with E-state index >= 15 is 0 Å². The summed E-state index contributed by atoms with van der Waals surface area (Å²) >= 11 is 0. The number of nitrogens with zero attached hydrogens (tertiary/aromatic N) is 2. The van der Waals surface area contributed by atoms with Crippen molar-refractivity contribution in [3.05, 3.63) is 23.8 Å². The van der Waals surface area contributed by atoms with E-state index in [2.05, 4.69) is 4.72 Å². The maximum atomic E-state index is 12.7. The number of sulfonamides is 1. The predicted octanol–water partition coefficient (Wildman–Crippen LogP) is 1.01. The molecule has 144 valence electrons. The second-order valence-electron chi connectivity index (χ2n) is 6.78. The highest BCUT2D eigenvalue weighted by Crippen LogP contribution is 2.34.